The molecule has 0 heterocycles. The quantitative estimate of drug-likeness (QED) is 0.136. The molecule has 7 heteroatoms. The van der Waals surface area contributed by atoms with Crippen molar-refractivity contribution >= 4 is 17.8 Å². The molecule has 0 aliphatic rings. The molecular formula is C33H44N2O5. The Labute approximate surface area is 238 Å². The molecule has 0 saturated heterocycles. The van der Waals surface area contributed by atoms with Crippen LogP contribution in [0.5, 0.6) is 0 Å². The molecule has 2 aromatic rings. The average Bonchev–Trinajstić information content (AvgIpc) is 2.96. The molecule has 2 amide bonds. The summed E-state index contributed by atoms with van der Waals surface area (Å²) >= 11 is 0. The predicted octanol–water partition coefficient (Wildman–Crippen LogP) is 4.55. The number of benzene rings is 2. The van der Waals surface area contributed by atoms with E-state index in [1.54, 1.807) is 13.0 Å². The van der Waals surface area contributed by atoms with Crippen molar-refractivity contribution in [3.05, 3.63) is 97.1 Å². The summed E-state index contributed by atoms with van der Waals surface area (Å²) in [6.07, 6.45) is 7.11. The second-order valence-electron chi connectivity index (χ2n) is 10.2. The van der Waals surface area contributed by atoms with E-state index in [-0.39, 0.29) is 43.3 Å². The zero-order valence-electron chi connectivity index (χ0n) is 23.6. The van der Waals surface area contributed by atoms with Gasteiger partial charge in [0.05, 0.1) is 24.5 Å². The molecule has 0 aliphatic heterocycles. The van der Waals surface area contributed by atoms with Crippen LogP contribution in [0.2, 0.25) is 0 Å². The van der Waals surface area contributed by atoms with Gasteiger partial charge in [0.15, 0.2) is 0 Å². The third-order valence-electron chi connectivity index (χ3n) is 6.65. The Morgan fingerprint density at radius 1 is 0.900 bits per heavy atom. The van der Waals surface area contributed by atoms with Crippen molar-refractivity contribution in [2.45, 2.75) is 64.0 Å². The van der Waals surface area contributed by atoms with E-state index in [2.05, 4.69) is 23.8 Å². The first-order chi connectivity index (χ1) is 19.4. The normalized spacial score (nSPS) is 13.8. The third kappa shape index (κ3) is 12.4. The number of esters is 1. The molecule has 0 radical (unpaired) electrons. The molecule has 0 saturated carbocycles. The van der Waals surface area contributed by atoms with Crippen molar-refractivity contribution in [3.8, 4) is 0 Å². The Kier molecular flexibility index (Phi) is 15.1. The van der Waals surface area contributed by atoms with Crippen molar-refractivity contribution in [2.24, 2.45) is 11.8 Å². The lowest BCUT2D eigenvalue weighted by Crippen LogP contribution is -2.45. The number of ether oxygens (including phenoxy) is 1. The van der Waals surface area contributed by atoms with E-state index in [4.69, 9.17) is 4.74 Å². The van der Waals surface area contributed by atoms with E-state index in [9.17, 15) is 19.5 Å². The van der Waals surface area contributed by atoms with Gasteiger partial charge < -0.3 is 20.5 Å². The summed E-state index contributed by atoms with van der Waals surface area (Å²) < 4.78 is 5.82. The highest BCUT2D eigenvalue weighted by Crippen LogP contribution is 2.18. The van der Waals surface area contributed by atoms with E-state index < -0.39 is 18.0 Å². The van der Waals surface area contributed by atoms with E-state index in [1.165, 1.54) is 0 Å². The molecule has 216 valence electrons. The van der Waals surface area contributed by atoms with Crippen molar-refractivity contribution < 1.29 is 24.2 Å². The zero-order valence-corrected chi connectivity index (χ0v) is 23.6. The van der Waals surface area contributed by atoms with Gasteiger partial charge in [0.1, 0.15) is 6.61 Å². The third-order valence-corrected chi connectivity index (χ3v) is 6.65. The van der Waals surface area contributed by atoms with Gasteiger partial charge in [-0.3, -0.25) is 14.4 Å². The highest BCUT2D eigenvalue weighted by atomic mass is 16.5. The maximum absolute atomic E-state index is 13.3. The summed E-state index contributed by atoms with van der Waals surface area (Å²) in [4.78, 5) is 38.9. The molecule has 0 bridgehead atoms. The SMILES string of the molecule is C=CCCC[C@H](Cc1ccccc1)C(=O)OC[C@H](Cc1ccccc1)NC(=O)[C@H](CC=C)CC(=O)N[C@@H](C)CO. The maximum atomic E-state index is 13.3. The number of aliphatic hydroxyl groups is 1. The van der Waals surface area contributed by atoms with Gasteiger partial charge in [-0.2, -0.15) is 0 Å². The Morgan fingerprint density at radius 3 is 2.10 bits per heavy atom. The maximum Gasteiger partial charge on any atom is 0.309 e. The molecule has 7 nitrogen and oxygen atoms in total. The minimum absolute atomic E-state index is 0.0147. The second-order valence-corrected chi connectivity index (χ2v) is 10.2. The zero-order chi connectivity index (χ0) is 29.2. The topological polar surface area (TPSA) is 105 Å². The van der Waals surface area contributed by atoms with Gasteiger partial charge >= 0.3 is 5.97 Å². The summed E-state index contributed by atoms with van der Waals surface area (Å²) in [5.41, 5.74) is 2.06. The fraction of sp³-hybridized carbons (Fsp3) is 0.424. The second kappa shape index (κ2) is 18.6. The van der Waals surface area contributed by atoms with Crippen LogP contribution in [0.3, 0.4) is 0 Å². The highest BCUT2D eigenvalue weighted by Gasteiger charge is 2.26. The van der Waals surface area contributed by atoms with E-state index in [1.807, 2.05) is 66.7 Å². The molecule has 0 aromatic heterocycles. The number of nitrogens with one attached hydrogen (secondary N) is 2. The highest BCUT2D eigenvalue weighted by molar-refractivity contribution is 5.86. The molecule has 0 spiro atoms. The van der Waals surface area contributed by atoms with Crippen LogP contribution < -0.4 is 10.6 Å². The summed E-state index contributed by atoms with van der Waals surface area (Å²) in [7, 11) is 0. The molecule has 2 rings (SSSR count). The Balaban J connectivity index is 2.12. The summed E-state index contributed by atoms with van der Waals surface area (Å²) in [5, 5.41) is 14.9. The molecule has 40 heavy (non-hydrogen) atoms. The standard InChI is InChI=1S/C33H44N2O5/c1-4-6-9-19-29(20-26-15-10-7-11-16-26)33(39)40-24-30(21-27-17-12-8-13-18-27)35-32(38)28(14-5-2)22-31(37)34-25(3)23-36/h4-5,7-8,10-13,15-18,25,28-30,36H,1-2,6,9,14,19-24H2,3H3,(H,34,37)(H,35,38)/t25-,28+,29+,30-/m0/s1. The first-order valence-electron chi connectivity index (χ1n) is 14.0. The van der Waals surface area contributed by atoms with Crippen molar-refractivity contribution in [1.29, 1.82) is 0 Å². The number of unbranched alkanes of at least 4 members (excludes halogenated alkanes) is 1. The van der Waals surface area contributed by atoms with Crippen LogP contribution in [0, 0.1) is 11.8 Å². The number of hydrogen-bond donors (Lipinski definition) is 3. The van der Waals surface area contributed by atoms with E-state index >= 15 is 0 Å². The first-order valence-corrected chi connectivity index (χ1v) is 14.0. The first kappa shape index (κ1) is 32.5. The Bertz CT molecular complexity index is 1060. The number of carbonyl (C=O) groups excluding carboxylic acids is 3. The van der Waals surface area contributed by atoms with Gasteiger partial charge in [0, 0.05) is 12.5 Å². The molecule has 2 aromatic carbocycles. The number of hydrogen-bond acceptors (Lipinski definition) is 5. The molecule has 0 aliphatic carbocycles. The lowest BCUT2D eigenvalue weighted by molar-refractivity contribution is -0.150. The fourth-order valence-electron chi connectivity index (χ4n) is 4.47. The predicted molar refractivity (Wildman–Crippen MR) is 158 cm³/mol. The van der Waals surface area contributed by atoms with Crippen LogP contribution in [-0.4, -0.2) is 48.2 Å². The number of rotatable bonds is 19. The van der Waals surface area contributed by atoms with Crippen molar-refractivity contribution in [1.82, 2.24) is 10.6 Å². The Hall–Kier alpha value is -3.71. The van der Waals surface area contributed by atoms with Crippen LogP contribution in [0.15, 0.2) is 86.0 Å². The molecular weight excluding hydrogens is 504 g/mol. The number of aliphatic hydroxyl groups excluding tert-OH is 1. The van der Waals surface area contributed by atoms with Gasteiger partial charge in [-0.15, -0.1) is 13.2 Å². The average molecular weight is 549 g/mol. The minimum atomic E-state index is -0.637. The summed E-state index contributed by atoms with van der Waals surface area (Å²) in [6, 6.07) is 18.7. The van der Waals surface area contributed by atoms with E-state index in [0.29, 0.717) is 25.7 Å². The molecule has 3 N–H and O–H groups in total. The van der Waals surface area contributed by atoms with Crippen molar-refractivity contribution in [3.63, 3.8) is 0 Å². The van der Waals surface area contributed by atoms with Crippen LogP contribution in [-0.2, 0) is 32.0 Å². The van der Waals surface area contributed by atoms with Gasteiger partial charge in [-0.25, -0.2) is 0 Å². The van der Waals surface area contributed by atoms with Crippen molar-refractivity contribution in [2.75, 3.05) is 13.2 Å². The van der Waals surface area contributed by atoms with Crippen LogP contribution in [0.25, 0.3) is 0 Å². The van der Waals surface area contributed by atoms with Gasteiger partial charge in [0.25, 0.3) is 0 Å². The van der Waals surface area contributed by atoms with Gasteiger partial charge in [-0.05, 0) is 56.6 Å². The molecule has 0 fully saturated rings. The van der Waals surface area contributed by atoms with Gasteiger partial charge in [-0.1, -0.05) is 72.8 Å². The van der Waals surface area contributed by atoms with Crippen LogP contribution in [0.4, 0.5) is 0 Å². The van der Waals surface area contributed by atoms with Crippen LogP contribution >= 0.6 is 0 Å². The van der Waals surface area contributed by atoms with E-state index in [0.717, 1.165) is 24.0 Å². The largest absolute Gasteiger partial charge is 0.463 e. The lowest BCUT2D eigenvalue weighted by atomic mass is 9.94. The lowest BCUT2D eigenvalue weighted by Gasteiger charge is -2.24. The number of allylic oxidation sites excluding steroid dienone is 2. The molecule has 4 atom stereocenters. The Morgan fingerprint density at radius 2 is 1.52 bits per heavy atom. The smallest absolute Gasteiger partial charge is 0.309 e. The van der Waals surface area contributed by atoms with Gasteiger partial charge in [0.2, 0.25) is 11.8 Å². The molecule has 0 unspecified atom stereocenters. The monoisotopic (exact) mass is 548 g/mol. The fourth-order valence-corrected chi connectivity index (χ4v) is 4.47. The summed E-state index contributed by atoms with van der Waals surface area (Å²) in [6.45, 7) is 9.02. The minimum Gasteiger partial charge on any atom is -0.463 e. The van der Waals surface area contributed by atoms with Crippen LogP contribution in [0.1, 0.15) is 50.2 Å². The summed E-state index contributed by atoms with van der Waals surface area (Å²) in [5.74, 6) is -1.86. The number of carbonyl (C=O) groups is 3. The number of amides is 2.